The van der Waals surface area contributed by atoms with E-state index in [0.717, 1.165) is 6.42 Å². The molecule has 0 saturated carbocycles. The number of rotatable bonds is 3. The molecule has 0 bridgehead atoms. The molecule has 0 unspecified atom stereocenters. The molecule has 0 spiro atoms. The third kappa shape index (κ3) is 2.64. The zero-order chi connectivity index (χ0) is 15.7. The number of halogens is 1. The van der Waals surface area contributed by atoms with Crippen molar-refractivity contribution < 1.29 is 13.6 Å². The van der Waals surface area contributed by atoms with E-state index in [2.05, 4.69) is 6.92 Å². The Morgan fingerprint density at radius 2 is 2.14 bits per heavy atom. The molecule has 3 rings (SSSR count). The lowest BCUT2D eigenvalue weighted by molar-refractivity contribution is 0.0696. The molecule has 1 aromatic carbocycles. The molecule has 2 N–H and O–H groups in total. The molecule has 0 radical (unpaired) electrons. The molecule has 1 saturated heterocycles. The zero-order valence-corrected chi connectivity index (χ0v) is 12.5. The Morgan fingerprint density at radius 3 is 2.82 bits per heavy atom. The average molecular weight is 302 g/mol. The standard InChI is InChI=1S/C17H19FN2O2/c1-11-8-15(13-4-2-3-5-14(13)18)20(10-11)17(21)16-7-6-12(9-19)22-16/h2-7,11,15H,8-10,19H2,1H3/t11-,15-/m0/s1. The van der Waals surface area contributed by atoms with Gasteiger partial charge >= 0.3 is 0 Å². The van der Waals surface area contributed by atoms with Crippen LogP contribution in [0, 0.1) is 11.7 Å². The fourth-order valence-electron chi connectivity index (χ4n) is 3.05. The first-order valence-corrected chi connectivity index (χ1v) is 7.44. The van der Waals surface area contributed by atoms with Crippen LogP contribution in [0.25, 0.3) is 0 Å². The third-order valence-corrected chi connectivity index (χ3v) is 4.11. The predicted octanol–water partition coefficient (Wildman–Crippen LogP) is 3.10. The summed E-state index contributed by atoms with van der Waals surface area (Å²) < 4.78 is 19.5. The number of furan rings is 1. The van der Waals surface area contributed by atoms with Crippen molar-refractivity contribution in [1.82, 2.24) is 4.90 Å². The molecule has 2 heterocycles. The maximum Gasteiger partial charge on any atom is 0.290 e. The predicted molar refractivity (Wildman–Crippen MR) is 80.6 cm³/mol. The number of benzene rings is 1. The van der Waals surface area contributed by atoms with Gasteiger partial charge in [0.15, 0.2) is 5.76 Å². The fourth-order valence-corrected chi connectivity index (χ4v) is 3.05. The van der Waals surface area contributed by atoms with E-state index >= 15 is 0 Å². The monoisotopic (exact) mass is 302 g/mol. The van der Waals surface area contributed by atoms with Crippen molar-refractivity contribution in [3.8, 4) is 0 Å². The van der Waals surface area contributed by atoms with E-state index in [1.165, 1.54) is 6.07 Å². The Kier molecular flexibility index (Phi) is 3.98. The molecule has 2 atom stereocenters. The molecular formula is C17H19FN2O2. The minimum Gasteiger partial charge on any atom is -0.455 e. The van der Waals surface area contributed by atoms with E-state index in [4.69, 9.17) is 10.2 Å². The number of hydrogen-bond acceptors (Lipinski definition) is 3. The normalized spacial score (nSPS) is 21.3. The summed E-state index contributed by atoms with van der Waals surface area (Å²) in [4.78, 5) is 14.4. The largest absolute Gasteiger partial charge is 0.455 e. The van der Waals surface area contributed by atoms with Gasteiger partial charge in [0.05, 0.1) is 12.6 Å². The van der Waals surface area contributed by atoms with Crippen LogP contribution >= 0.6 is 0 Å². The molecule has 4 nitrogen and oxygen atoms in total. The summed E-state index contributed by atoms with van der Waals surface area (Å²) in [5.41, 5.74) is 6.07. The van der Waals surface area contributed by atoms with E-state index in [0.29, 0.717) is 23.8 Å². The molecule has 22 heavy (non-hydrogen) atoms. The summed E-state index contributed by atoms with van der Waals surface area (Å²) in [6, 6.07) is 9.70. The van der Waals surface area contributed by atoms with Gasteiger partial charge in [-0.1, -0.05) is 25.1 Å². The Balaban J connectivity index is 1.90. The molecular weight excluding hydrogens is 283 g/mol. The van der Waals surface area contributed by atoms with E-state index in [9.17, 15) is 9.18 Å². The van der Waals surface area contributed by atoms with Gasteiger partial charge in [-0.25, -0.2) is 4.39 Å². The van der Waals surface area contributed by atoms with Crippen LogP contribution in [0.1, 0.15) is 41.3 Å². The van der Waals surface area contributed by atoms with Gasteiger partial charge in [-0.15, -0.1) is 0 Å². The van der Waals surface area contributed by atoms with Crippen LogP contribution in [0.2, 0.25) is 0 Å². The van der Waals surface area contributed by atoms with Crippen LogP contribution < -0.4 is 5.73 Å². The lowest BCUT2D eigenvalue weighted by atomic mass is 10.0. The quantitative estimate of drug-likeness (QED) is 0.947. The topological polar surface area (TPSA) is 59.5 Å². The second-order valence-electron chi connectivity index (χ2n) is 5.81. The van der Waals surface area contributed by atoms with Crippen molar-refractivity contribution >= 4 is 5.91 Å². The summed E-state index contributed by atoms with van der Waals surface area (Å²) in [5, 5.41) is 0. The minimum atomic E-state index is -0.276. The van der Waals surface area contributed by atoms with Crippen LogP contribution in [0.15, 0.2) is 40.8 Å². The van der Waals surface area contributed by atoms with E-state index in [1.54, 1.807) is 35.2 Å². The van der Waals surface area contributed by atoms with E-state index in [-0.39, 0.29) is 30.1 Å². The van der Waals surface area contributed by atoms with Crippen molar-refractivity contribution in [3.63, 3.8) is 0 Å². The highest BCUT2D eigenvalue weighted by Crippen LogP contribution is 2.37. The van der Waals surface area contributed by atoms with Gasteiger partial charge in [0.25, 0.3) is 5.91 Å². The highest BCUT2D eigenvalue weighted by atomic mass is 19.1. The van der Waals surface area contributed by atoms with Crippen LogP contribution in [0.4, 0.5) is 4.39 Å². The number of carbonyl (C=O) groups excluding carboxylic acids is 1. The number of carbonyl (C=O) groups is 1. The second kappa shape index (κ2) is 5.93. The number of amides is 1. The van der Waals surface area contributed by atoms with Gasteiger partial charge in [-0.05, 0) is 30.5 Å². The molecule has 116 valence electrons. The number of likely N-dealkylation sites (tertiary alicyclic amines) is 1. The fraction of sp³-hybridized carbons (Fsp3) is 0.353. The Labute approximate surface area is 128 Å². The van der Waals surface area contributed by atoms with Crippen molar-refractivity contribution in [2.24, 2.45) is 11.7 Å². The lowest BCUT2D eigenvalue weighted by Gasteiger charge is -2.24. The maximum atomic E-state index is 14.1. The zero-order valence-electron chi connectivity index (χ0n) is 12.5. The second-order valence-corrected chi connectivity index (χ2v) is 5.81. The summed E-state index contributed by atoms with van der Waals surface area (Å²) >= 11 is 0. The highest BCUT2D eigenvalue weighted by molar-refractivity contribution is 5.92. The lowest BCUT2D eigenvalue weighted by Crippen LogP contribution is -2.31. The summed E-state index contributed by atoms with van der Waals surface area (Å²) in [6.45, 7) is 2.91. The van der Waals surface area contributed by atoms with Crippen LogP contribution in [-0.2, 0) is 6.54 Å². The summed E-state index contributed by atoms with van der Waals surface area (Å²) in [6.07, 6.45) is 0.747. The first kappa shape index (κ1) is 14.8. The molecule has 5 heteroatoms. The Morgan fingerprint density at radius 1 is 1.36 bits per heavy atom. The summed E-state index contributed by atoms with van der Waals surface area (Å²) in [7, 11) is 0. The Hall–Kier alpha value is -2.14. The molecule has 1 aromatic heterocycles. The number of nitrogens with zero attached hydrogens (tertiary/aromatic N) is 1. The minimum absolute atomic E-state index is 0.211. The molecule has 2 aromatic rings. The van der Waals surface area contributed by atoms with Gasteiger partial charge in [0.2, 0.25) is 0 Å². The van der Waals surface area contributed by atoms with Crippen molar-refractivity contribution in [2.45, 2.75) is 25.9 Å². The van der Waals surface area contributed by atoms with E-state index in [1.807, 2.05) is 0 Å². The Bertz CT molecular complexity index is 683. The van der Waals surface area contributed by atoms with Gasteiger partial charge in [0.1, 0.15) is 11.6 Å². The van der Waals surface area contributed by atoms with Crippen LogP contribution in [-0.4, -0.2) is 17.4 Å². The van der Waals surface area contributed by atoms with Gasteiger partial charge in [0, 0.05) is 12.1 Å². The first-order valence-electron chi connectivity index (χ1n) is 7.44. The molecule has 1 amide bonds. The van der Waals surface area contributed by atoms with E-state index < -0.39 is 0 Å². The smallest absolute Gasteiger partial charge is 0.290 e. The maximum absolute atomic E-state index is 14.1. The number of hydrogen-bond donors (Lipinski definition) is 1. The van der Waals surface area contributed by atoms with Crippen LogP contribution in [0.3, 0.4) is 0 Å². The summed E-state index contributed by atoms with van der Waals surface area (Å²) in [5.74, 6) is 0.658. The SMILES string of the molecule is C[C@H]1C[C@@H](c2ccccc2F)N(C(=O)c2ccc(CN)o2)C1. The first-order chi connectivity index (χ1) is 10.6. The van der Waals surface area contributed by atoms with Gasteiger partial charge in [-0.3, -0.25) is 4.79 Å². The molecule has 0 aliphatic carbocycles. The molecule has 1 aliphatic heterocycles. The third-order valence-electron chi connectivity index (χ3n) is 4.11. The van der Waals surface area contributed by atoms with Crippen molar-refractivity contribution in [2.75, 3.05) is 6.54 Å². The van der Waals surface area contributed by atoms with Crippen LogP contribution in [0.5, 0.6) is 0 Å². The molecule has 1 aliphatic rings. The van der Waals surface area contributed by atoms with Crippen molar-refractivity contribution in [1.29, 1.82) is 0 Å². The van der Waals surface area contributed by atoms with Gasteiger partial charge < -0.3 is 15.1 Å². The average Bonchev–Trinajstić information content (AvgIpc) is 3.13. The number of nitrogens with two attached hydrogens (primary N) is 1. The van der Waals surface area contributed by atoms with Crippen molar-refractivity contribution in [3.05, 3.63) is 59.3 Å². The van der Waals surface area contributed by atoms with Gasteiger partial charge in [-0.2, -0.15) is 0 Å². The molecule has 1 fully saturated rings. The highest BCUT2D eigenvalue weighted by Gasteiger charge is 2.36.